The highest BCUT2D eigenvalue weighted by Crippen LogP contribution is 2.48. The molecule has 4 rings (SSSR count). The molecule has 1 heterocycles. The molecule has 0 fully saturated rings. The number of nitrogens with one attached hydrogen (secondary N) is 1. The summed E-state index contributed by atoms with van der Waals surface area (Å²) in [5, 5.41) is 11.5. The average Bonchev–Trinajstić information content (AvgIpc) is 2.81. The van der Waals surface area contributed by atoms with Crippen LogP contribution in [0.2, 0.25) is 0 Å². The molecule has 0 saturated carbocycles. The van der Waals surface area contributed by atoms with E-state index in [1.54, 1.807) is 28.8 Å². The Morgan fingerprint density at radius 3 is 2.09 bits per heavy atom. The molecule has 2 N–H and O–H groups in total. The van der Waals surface area contributed by atoms with Crippen molar-refractivity contribution >= 4 is 58.4 Å². The van der Waals surface area contributed by atoms with Gasteiger partial charge >= 0.3 is 5.97 Å². The van der Waals surface area contributed by atoms with Gasteiger partial charge in [-0.05, 0) is 55.5 Å². The van der Waals surface area contributed by atoms with Crippen molar-refractivity contribution in [3.05, 3.63) is 84.4 Å². The van der Waals surface area contributed by atoms with Crippen LogP contribution in [0.4, 0.5) is 17.1 Å². The molecular weight excluding hydrogens is 456 g/mol. The van der Waals surface area contributed by atoms with Crippen molar-refractivity contribution in [1.29, 1.82) is 0 Å². The summed E-state index contributed by atoms with van der Waals surface area (Å²) in [6.07, 6.45) is 1.04. The molecule has 0 aliphatic carbocycles. The molecule has 3 aromatic carbocycles. The second kappa shape index (κ2) is 9.97. The van der Waals surface area contributed by atoms with Crippen LogP contribution in [0.3, 0.4) is 0 Å². The van der Waals surface area contributed by atoms with E-state index < -0.39 is 11.9 Å². The molecule has 0 bridgehead atoms. The average molecular weight is 477 g/mol. The van der Waals surface area contributed by atoms with Crippen molar-refractivity contribution in [1.82, 2.24) is 0 Å². The first kappa shape index (κ1) is 22.7. The quantitative estimate of drug-likeness (QED) is 0.357. The molecule has 6 nitrogen and oxygen atoms in total. The Bertz CT molecular complexity index is 1210. The summed E-state index contributed by atoms with van der Waals surface area (Å²) >= 11 is 3.07. The number of hydrogen-bond acceptors (Lipinski definition) is 5. The van der Waals surface area contributed by atoms with Crippen molar-refractivity contribution in [3.8, 4) is 0 Å². The van der Waals surface area contributed by atoms with Gasteiger partial charge in [-0.3, -0.25) is 14.5 Å². The minimum atomic E-state index is -1.14. The van der Waals surface area contributed by atoms with E-state index in [0.29, 0.717) is 5.69 Å². The molecule has 166 valence electrons. The fourth-order valence-electron chi connectivity index (χ4n) is 3.25. The molecule has 0 atom stereocenters. The van der Waals surface area contributed by atoms with Gasteiger partial charge in [-0.25, -0.2) is 4.79 Å². The predicted octanol–water partition coefficient (Wildman–Crippen LogP) is 5.58. The predicted molar refractivity (Wildman–Crippen MR) is 131 cm³/mol. The minimum absolute atomic E-state index is 0.0214. The fourth-order valence-corrected chi connectivity index (χ4v) is 5.06. The molecule has 33 heavy (non-hydrogen) atoms. The maximum atomic E-state index is 13.3. The number of carbonyl (C=O) groups excluding carboxylic acids is 2. The number of hydrogen-bond donors (Lipinski definition) is 2. The third-order valence-electron chi connectivity index (χ3n) is 4.85. The van der Waals surface area contributed by atoms with Crippen molar-refractivity contribution in [2.45, 2.75) is 21.6 Å². The molecule has 0 spiro atoms. The summed E-state index contributed by atoms with van der Waals surface area (Å²) in [4.78, 5) is 40.7. The van der Waals surface area contributed by atoms with Crippen LogP contribution >= 0.6 is 23.5 Å². The van der Waals surface area contributed by atoms with Gasteiger partial charge in [0.25, 0.3) is 0 Å². The monoisotopic (exact) mass is 476 g/mol. The number of carboxylic acids is 1. The second-order valence-electron chi connectivity index (χ2n) is 7.20. The molecule has 0 aromatic heterocycles. The lowest BCUT2D eigenvalue weighted by Crippen LogP contribution is -2.29. The first-order valence-electron chi connectivity index (χ1n) is 10.1. The number of nitrogens with zero attached hydrogens (tertiary/aromatic N) is 1. The summed E-state index contributed by atoms with van der Waals surface area (Å²) in [6.45, 7) is 1.36. The largest absolute Gasteiger partial charge is 0.478 e. The zero-order valence-electron chi connectivity index (χ0n) is 17.6. The van der Waals surface area contributed by atoms with Crippen molar-refractivity contribution in [2.75, 3.05) is 16.0 Å². The van der Waals surface area contributed by atoms with E-state index >= 15 is 0 Å². The summed E-state index contributed by atoms with van der Waals surface area (Å²) in [5.41, 5.74) is 2.27. The van der Waals surface area contributed by atoms with Gasteiger partial charge in [-0.2, -0.15) is 0 Å². The van der Waals surface area contributed by atoms with Gasteiger partial charge in [-0.15, -0.1) is 11.8 Å². The molecule has 3 aromatic rings. The second-order valence-corrected chi connectivity index (χ2v) is 9.33. The first-order chi connectivity index (χ1) is 15.9. The van der Waals surface area contributed by atoms with Crippen molar-refractivity contribution in [2.24, 2.45) is 0 Å². The van der Waals surface area contributed by atoms with Crippen LogP contribution in [0.5, 0.6) is 0 Å². The minimum Gasteiger partial charge on any atom is -0.478 e. The Balaban J connectivity index is 1.43. The molecule has 2 amide bonds. The van der Waals surface area contributed by atoms with Crippen molar-refractivity contribution in [3.63, 3.8) is 0 Å². The Hall–Kier alpha value is -3.49. The van der Waals surface area contributed by atoms with Crippen molar-refractivity contribution < 1.29 is 19.5 Å². The van der Waals surface area contributed by atoms with Crippen LogP contribution in [-0.4, -0.2) is 28.6 Å². The lowest BCUT2D eigenvalue weighted by molar-refractivity contribution is -0.132. The molecule has 8 heteroatoms. The third-order valence-corrected chi connectivity index (χ3v) is 6.98. The number of aliphatic carboxylic acids is 1. The number of para-hydroxylation sites is 2. The molecule has 1 aliphatic heterocycles. The Morgan fingerprint density at radius 2 is 1.52 bits per heavy atom. The highest BCUT2D eigenvalue weighted by Gasteiger charge is 2.27. The third kappa shape index (κ3) is 5.30. The van der Waals surface area contributed by atoms with Crippen LogP contribution < -0.4 is 10.2 Å². The van der Waals surface area contributed by atoms with Gasteiger partial charge in [0.1, 0.15) is 0 Å². The fraction of sp³-hybridized carbons (Fsp3) is 0.0800. The Labute approximate surface area is 199 Å². The zero-order chi connectivity index (χ0) is 23.4. The van der Waals surface area contributed by atoms with Crippen LogP contribution in [0.25, 0.3) is 0 Å². The van der Waals surface area contributed by atoms with Crippen LogP contribution in [0.15, 0.2) is 99.1 Å². The number of rotatable bonds is 6. The number of amides is 2. The zero-order valence-corrected chi connectivity index (χ0v) is 19.3. The van der Waals surface area contributed by atoms with E-state index in [-0.39, 0.29) is 17.2 Å². The summed E-state index contributed by atoms with van der Waals surface area (Å²) in [7, 11) is 0. The lowest BCUT2D eigenvalue weighted by Gasteiger charge is -2.31. The van der Waals surface area contributed by atoms with E-state index in [1.807, 2.05) is 60.7 Å². The summed E-state index contributed by atoms with van der Waals surface area (Å²) in [6, 6.07) is 22.8. The topological polar surface area (TPSA) is 86.7 Å². The highest BCUT2D eigenvalue weighted by molar-refractivity contribution is 8.00. The molecular formula is C25H20N2O4S2. The maximum absolute atomic E-state index is 13.3. The number of carboxylic acid groups (broad SMARTS) is 1. The Kier molecular flexibility index (Phi) is 6.86. The van der Waals surface area contributed by atoms with Gasteiger partial charge in [0.15, 0.2) is 0 Å². The number of thioether (sulfide) groups is 1. The van der Waals surface area contributed by atoms with E-state index in [9.17, 15) is 14.4 Å². The lowest BCUT2D eigenvalue weighted by atomic mass is 10.2. The van der Waals surface area contributed by atoms with Gasteiger partial charge in [0, 0.05) is 32.0 Å². The number of carbonyl (C=O) groups is 3. The normalized spacial score (nSPS) is 12.5. The molecule has 0 unspecified atom stereocenters. The summed E-state index contributed by atoms with van der Waals surface area (Å²) in [5.74, 6) is -1.42. The van der Waals surface area contributed by atoms with E-state index in [4.69, 9.17) is 5.11 Å². The van der Waals surface area contributed by atoms with E-state index in [1.165, 1.54) is 18.7 Å². The number of fused-ring (bicyclic) bond motifs is 2. The van der Waals surface area contributed by atoms with Crippen LogP contribution in [0, 0.1) is 0 Å². The molecule has 0 saturated heterocycles. The smallest absolute Gasteiger partial charge is 0.331 e. The molecule has 0 radical (unpaired) electrons. The van der Waals surface area contributed by atoms with Gasteiger partial charge < -0.3 is 10.4 Å². The van der Waals surface area contributed by atoms with E-state index in [2.05, 4.69) is 5.32 Å². The first-order valence-corrected chi connectivity index (χ1v) is 11.9. The maximum Gasteiger partial charge on any atom is 0.331 e. The van der Waals surface area contributed by atoms with Gasteiger partial charge in [0.05, 0.1) is 17.1 Å². The number of benzene rings is 3. The molecule has 1 aliphatic rings. The Morgan fingerprint density at radius 1 is 0.939 bits per heavy atom. The standard InChI is InChI=1S/C25H20N2O4S2/c1-16(25(30)31)14-23(28)26-17-10-12-18(13-11-17)32-15-24(29)27-19-6-2-4-8-21(19)33-22-9-5-3-7-20(22)27/h2-14H,15H2,1H3,(H,26,28)(H,30,31)/b16-14+. The number of anilines is 3. The van der Waals surface area contributed by atoms with E-state index in [0.717, 1.165) is 32.1 Å². The van der Waals surface area contributed by atoms with Crippen LogP contribution in [0.1, 0.15) is 6.92 Å². The van der Waals surface area contributed by atoms with Gasteiger partial charge in [0.2, 0.25) is 11.8 Å². The highest BCUT2D eigenvalue weighted by atomic mass is 32.2. The SMILES string of the molecule is C/C(=C\C(=O)Nc1ccc(SCC(=O)N2c3ccccc3Sc3ccccc32)cc1)C(=O)O. The summed E-state index contributed by atoms with van der Waals surface area (Å²) < 4.78 is 0. The van der Waals surface area contributed by atoms with Crippen LogP contribution in [-0.2, 0) is 14.4 Å². The van der Waals surface area contributed by atoms with Gasteiger partial charge in [-0.1, -0.05) is 36.0 Å².